The van der Waals surface area contributed by atoms with E-state index in [1.807, 2.05) is 20.8 Å². The number of hydrogen-bond donors (Lipinski definition) is 4. The minimum atomic E-state index is -1.10. The molecular formula is C23H22Cl2N4O5. The highest BCUT2D eigenvalue weighted by molar-refractivity contribution is 6.40. The van der Waals surface area contributed by atoms with Gasteiger partial charge in [0.2, 0.25) is 0 Å². The summed E-state index contributed by atoms with van der Waals surface area (Å²) >= 11 is 12.0. The maximum atomic E-state index is 12.5. The van der Waals surface area contributed by atoms with Crippen LogP contribution < -0.4 is 26.8 Å². The first kappa shape index (κ1) is 25.2. The molecule has 34 heavy (non-hydrogen) atoms. The zero-order valence-corrected chi connectivity index (χ0v) is 20.0. The lowest BCUT2D eigenvalue weighted by molar-refractivity contribution is -0.137. The Morgan fingerprint density at radius 3 is 2.09 bits per heavy atom. The van der Waals surface area contributed by atoms with Crippen LogP contribution in [0.5, 0.6) is 0 Å². The predicted molar refractivity (Wildman–Crippen MR) is 132 cm³/mol. The van der Waals surface area contributed by atoms with E-state index in [9.17, 15) is 24.3 Å². The number of carbonyl (C=O) groups is 2. The molecular weight excluding hydrogens is 483 g/mol. The summed E-state index contributed by atoms with van der Waals surface area (Å²) in [5, 5.41) is 18.1. The van der Waals surface area contributed by atoms with Crippen molar-refractivity contribution in [3.8, 4) is 0 Å². The van der Waals surface area contributed by atoms with E-state index in [1.165, 1.54) is 12.4 Å². The number of pyridine rings is 1. The molecule has 2 aromatic carbocycles. The van der Waals surface area contributed by atoms with Crippen molar-refractivity contribution in [3.63, 3.8) is 0 Å². The summed E-state index contributed by atoms with van der Waals surface area (Å²) < 4.78 is 0. The number of nitrogens with zero attached hydrogens (tertiary/aromatic N) is 1. The van der Waals surface area contributed by atoms with Crippen LogP contribution in [0.4, 0.5) is 17.1 Å². The zero-order valence-electron chi connectivity index (χ0n) is 18.5. The molecule has 9 nitrogen and oxygen atoms in total. The topological polar surface area (TPSA) is 137 Å². The Balaban J connectivity index is 1.82. The smallest absolute Gasteiger partial charge is 0.305 e. The maximum Gasteiger partial charge on any atom is 0.305 e. The number of anilines is 3. The fourth-order valence-corrected chi connectivity index (χ4v) is 3.78. The molecule has 178 valence electrons. The summed E-state index contributed by atoms with van der Waals surface area (Å²) in [5.74, 6) is -1.63. The number of amides is 1. The van der Waals surface area contributed by atoms with E-state index in [4.69, 9.17) is 23.2 Å². The molecule has 11 heteroatoms. The first-order valence-corrected chi connectivity index (χ1v) is 10.9. The van der Waals surface area contributed by atoms with Gasteiger partial charge in [0.25, 0.3) is 16.8 Å². The van der Waals surface area contributed by atoms with Gasteiger partial charge in [-0.2, -0.15) is 0 Å². The second-order valence-electron chi connectivity index (χ2n) is 8.63. The number of aliphatic carboxylic acids is 1. The number of nitrogens with one attached hydrogen (secondary N) is 3. The molecule has 0 spiro atoms. The van der Waals surface area contributed by atoms with Crippen LogP contribution in [0.1, 0.15) is 49.2 Å². The molecule has 0 aliphatic carbocycles. The highest BCUT2D eigenvalue weighted by atomic mass is 35.5. The first-order chi connectivity index (χ1) is 15.9. The quantitative estimate of drug-likeness (QED) is 0.336. The van der Waals surface area contributed by atoms with E-state index in [0.29, 0.717) is 11.3 Å². The molecule has 0 fully saturated rings. The second-order valence-corrected chi connectivity index (χ2v) is 9.45. The third-order valence-electron chi connectivity index (χ3n) is 4.76. The average molecular weight is 505 g/mol. The number of rotatable bonds is 8. The molecule has 0 radical (unpaired) electrons. The molecule has 1 heterocycles. The predicted octanol–water partition coefficient (Wildman–Crippen LogP) is 4.08. The van der Waals surface area contributed by atoms with Crippen molar-refractivity contribution in [2.45, 2.75) is 38.8 Å². The van der Waals surface area contributed by atoms with Gasteiger partial charge < -0.3 is 21.1 Å². The average Bonchev–Trinajstić information content (AvgIpc) is 2.74. The molecule has 3 rings (SSSR count). The number of carboxylic acids is 1. The van der Waals surface area contributed by atoms with E-state index < -0.39 is 34.3 Å². The van der Waals surface area contributed by atoms with Crippen molar-refractivity contribution in [3.05, 3.63) is 78.3 Å². The van der Waals surface area contributed by atoms with Crippen LogP contribution in [-0.2, 0) is 4.79 Å². The third-order valence-corrected chi connectivity index (χ3v) is 5.33. The van der Waals surface area contributed by atoms with Gasteiger partial charge in [0.15, 0.2) is 0 Å². The number of halogens is 2. The van der Waals surface area contributed by atoms with Gasteiger partial charge in [-0.3, -0.25) is 24.2 Å². The van der Waals surface area contributed by atoms with Crippen molar-refractivity contribution in [2.75, 3.05) is 16.0 Å². The summed E-state index contributed by atoms with van der Waals surface area (Å²) in [4.78, 5) is 52.0. The number of carboxylic acid groups (broad SMARTS) is 1. The number of benzene rings is 1. The highest BCUT2D eigenvalue weighted by Crippen LogP contribution is 2.28. The van der Waals surface area contributed by atoms with Gasteiger partial charge in [-0.1, -0.05) is 35.3 Å². The minimum absolute atomic E-state index is 0.0468. The van der Waals surface area contributed by atoms with Gasteiger partial charge in [-0.15, -0.1) is 0 Å². The molecule has 0 saturated heterocycles. The molecule has 0 saturated carbocycles. The van der Waals surface area contributed by atoms with Crippen LogP contribution in [0.25, 0.3) is 0 Å². The van der Waals surface area contributed by atoms with E-state index in [1.54, 1.807) is 24.3 Å². The van der Waals surface area contributed by atoms with Gasteiger partial charge in [0.1, 0.15) is 11.4 Å². The molecule has 0 aliphatic rings. The van der Waals surface area contributed by atoms with Gasteiger partial charge in [-0.05, 0) is 38.5 Å². The van der Waals surface area contributed by atoms with E-state index in [0.717, 1.165) is 0 Å². The first-order valence-electron chi connectivity index (χ1n) is 10.2. The van der Waals surface area contributed by atoms with E-state index in [-0.39, 0.29) is 33.4 Å². The second kappa shape index (κ2) is 9.82. The lowest BCUT2D eigenvalue weighted by Gasteiger charge is -2.27. The van der Waals surface area contributed by atoms with E-state index >= 15 is 0 Å². The molecule has 0 bridgehead atoms. The van der Waals surface area contributed by atoms with Crippen molar-refractivity contribution >= 4 is 52.1 Å². The summed E-state index contributed by atoms with van der Waals surface area (Å²) in [6, 6.07) is 5.56. The van der Waals surface area contributed by atoms with Crippen LogP contribution in [0.15, 0.2) is 46.2 Å². The van der Waals surface area contributed by atoms with Gasteiger partial charge in [0.05, 0.1) is 28.1 Å². The van der Waals surface area contributed by atoms with E-state index in [2.05, 4.69) is 20.9 Å². The van der Waals surface area contributed by atoms with Gasteiger partial charge >= 0.3 is 5.97 Å². The van der Waals surface area contributed by atoms with Gasteiger partial charge in [0, 0.05) is 23.6 Å². The standard InChI is InChI=1S/C23H22Cl2N4O5/c1-23(2,3)29-19-18(20(32)21(19)33)28-15(8-16(30)31)11-4-6-12(7-5-11)27-22(34)17-13(24)9-26-10-14(17)25/h4-7,9-10,15,28-29H,8H2,1-3H3,(H,27,34)(H,30,31)/t15-/m0/s1. The minimum Gasteiger partial charge on any atom is -0.481 e. The highest BCUT2D eigenvalue weighted by Gasteiger charge is 2.27. The third kappa shape index (κ3) is 5.73. The van der Waals surface area contributed by atoms with Crippen molar-refractivity contribution in [1.29, 1.82) is 0 Å². The molecule has 3 aromatic rings. The van der Waals surface area contributed by atoms with Crippen molar-refractivity contribution in [2.24, 2.45) is 0 Å². The Bertz CT molecular complexity index is 1290. The molecule has 1 aromatic heterocycles. The largest absolute Gasteiger partial charge is 0.481 e. The number of aromatic nitrogens is 1. The lowest BCUT2D eigenvalue weighted by atomic mass is 10.0. The monoisotopic (exact) mass is 504 g/mol. The van der Waals surface area contributed by atoms with Crippen LogP contribution >= 0.6 is 23.2 Å². The van der Waals surface area contributed by atoms with Crippen LogP contribution in [0, 0.1) is 0 Å². The van der Waals surface area contributed by atoms with Crippen molar-refractivity contribution in [1.82, 2.24) is 4.98 Å². The van der Waals surface area contributed by atoms with Crippen LogP contribution in [-0.4, -0.2) is 27.5 Å². The molecule has 1 atom stereocenters. The molecule has 1 amide bonds. The Morgan fingerprint density at radius 1 is 1.00 bits per heavy atom. The molecule has 0 aliphatic heterocycles. The summed E-state index contributed by atoms with van der Waals surface area (Å²) in [7, 11) is 0. The Hall–Kier alpha value is -3.43. The van der Waals surface area contributed by atoms with Gasteiger partial charge in [-0.25, -0.2) is 0 Å². The summed E-state index contributed by atoms with van der Waals surface area (Å²) in [6.45, 7) is 5.51. The fourth-order valence-electron chi connectivity index (χ4n) is 3.25. The SMILES string of the molecule is CC(C)(C)Nc1c(N[C@@H](CC(=O)O)c2ccc(NC(=O)c3c(Cl)cncc3Cl)cc2)c(=O)c1=O. The van der Waals surface area contributed by atoms with Crippen molar-refractivity contribution < 1.29 is 14.7 Å². The van der Waals surface area contributed by atoms with Crippen LogP contribution in [0.3, 0.4) is 0 Å². The Kier molecular flexibility index (Phi) is 7.28. The summed E-state index contributed by atoms with van der Waals surface area (Å²) in [6.07, 6.45) is 2.26. The number of hydrogen-bond acceptors (Lipinski definition) is 7. The normalized spacial score (nSPS) is 12.3. The summed E-state index contributed by atoms with van der Waals surface area (Å²) in [5.41, 5.74) is -0.636. The molecule has 4 N–H and O–H groups in total. The Labute approximate surface area is 204 Å². The molecule has 0 unspecified atom stereocenters. The Morgan fingerprint density at radius 2 is 1.56 bits per heavy atom. The maximum absolute atomic E-state index is 12.5. The lowest BCUT2D eigenvalue weighted by Crippen LogP contribution is -2.42. The fraction of sp³-hybridized carbons (Fsp3) is 0.261. The number of carbonyl (C=O) groups excluding carboxylic acids is 1. The van der Waals surface area contributed by atoms with Crippen LogP contribution in [0.2, 0.25) is 10.0 Å². The zero-order chi connectivity index (χ0) is 25.2.